The SMILES string of the molecule is CC1=[C-]C(C)([Si](c2ccc(C)c(C)c2N(C)C)(c2ccc(C)c(C)c2N(C)C)c2ccc(C)c(C)c2N(C)C)C(C)=C1C.[Cl-].[Cl-].[Cl-].[Ti+4]. The van der Waals surface area contributed by atoms with Crippen LogP contribution in [0.5, 0.6) is 0 Å². The number of halogens is 3. The Morgan fingerprint density at radius 2 is 0.787 bits per heavy atom. The van der Waals surface area contributed by atoms with Crippen molar-refractivity contribution >= 4 is 40.7 Å². The Labute approximate surface area is 321 Å². The molecule has 0 aromatic heterocycles. The number of allylic oxidation sites excluding steroid dienone is 4. The van der Waals surface area contributed by atoms with Crippen LogP contribution in [0.4, 0.5) is 17.1 Å². The van der Waals surface area contributed by atoms with Crippen molar-refractivity contribution in [3.8, 4) is 0 Å². The van der Waals surface area contributed by atoms with Gasteiger partial charge in [0, 0.05) is 59.3 Å². The normalized spacial score (nSPS) is 15.5. The van der Waals surface area contributed by atoms with E-state index in [0.29, 0.717) is 0 Å². The van der Waals surface area contributed by atoms with Crippen LogP contribution in [-0.4, -0.2) is 50.4 Å². The molecule has 0 saturated carbocycles. The molecule has 1 atom stereocenters. The molecule has 1 aliphatic carbocycles. The summed E-state index contributed by atoms with van der Waals surface area (Å²) in [5.74, 6) is 0. The van der Waals surface area contributed by atoms with Crippen LogP contribution in [-0.2, 0) is 21.7 Å². The van der Waals surface area contributed by atoms with Gasteiger partial charge in [0.15, 0.2) is 8.07 Å². The zero-order valence-corrected chi connectivity index (χ0v) is 36.3. The molecule has 8 heteroatoms. The van der Waals surface area contributed by atoms with Gasteiger partial charge in [-0.15, -0.1) is 6.92 Å². The molecule has 3 aromatic rings. The second-order valence-corrected chi connectivity index (χ2v) is 17.9. The smallest absolute Gasteiger partial charge is 1.00 e. The maximum absolute atomic E-state index is 4.22. The van der Waals surface area contributed by atoms with Crippen molar-refractivity contribution in [2.75, 3.05) is 57.0 Å². The quantitative estimate of drug-likeness (QED) is 0.159. The van der Waals surface area contributed by atoms with E-state index in [1.165, 1.54) is 82.7 Å². The molecule has 4 rings (SSSR count). The Hall–Kier alpha value is -1.66. The number of aryl methyl sites for hydroxylation is 3. The molecule has 0 N–H and O–H groups in total. The Bertz CT molecular complexity index is 1520. The molecule has 254 valence electrons. The van der Waals surface area contributed by atoms with Gasteiger partial charge in [-0.05, 0) is 90.5 Å². The van der Waals surface area contributed by atoms with E-state index in [2.05, 4.69) is 169 Å². The summed E-state index contributed by atoms with van der Waals surface area (Å²) < 4.78 is 0. The van der Waals surface area contributed by atoms with Gasteiger partial charge in [0.2, 0.25) is 0 Å². The van der Waals surface area contributed by atoms with Crippen LogP contribution >= 0.6 is 0 Å². The number of anilines is 3. The third-order valence-electron chi connectivity index (χ3n) is 10.7. The van der Waals surface area contributed by atoms with E-state index in [9.17, 15) is 0 Å². The molecule has 1 unspecified atom stereocenters. The van der Waals surface area contributed by atoms with E-state index in [1.54, 1.807) is 0 Å². The van der Waals surface area contributed by atoms with Crippen molar-refractivity contribution in [1.82, 2.24) is 0 Å². The molecule has 0 aliphatic heterocycles. The zero-order chi connectivity index (χ0) is 32.3. The summed E-state index contributed by atoms with van der Waals surface area (Å²) in [6.45, 7) is 23.1. The van der Waals surface area contributed by atoms with Gasteiger partial charge in [-0.2, -0.15) is 11.1 Å². The van der Waals surface area contributed by atoms with Crippen LogP contribution in [0.25, 0.3) is 0 Å². The average molecular weight is 747 g/mol. The van der Waals surface area contributed by atoms with Crippen molar-refractivity contribution in [3.05, 3.63) is 92.6 Å². The van der Waals surface area contributed by atoms with E-state index in [1.807, 2.05) is 0 Å². The first-order valence-corrected chi connectivity index (χ1v) is 17.6. The monoisotopic (exact) mass is 745 g/mol. The second-order valence-electron chi connectivity index (χ2n) is 13.8. The molecule has 47 heavy (non-hydrogen) atoms. The molecule has 0 bridgehead atoms. The fourth-order valence-electron chi connectivity index (χ4n) is 7.88. The second kappa shape index (κ2) is 16.4. The van der Waals surface area contributed by atoms with Crippen molar-refractivity contribution in [1.29, 1.82) is 0 Å². The standard InChI is InChI=1S/C39H54N3Si.3ClH.Ti/c1-24-17-20-33(36(29(24)6)40(11)12)43(39(10)23-27(4)28(5)32(39)9,34-21-18-25(2)30(7)37(34)41(13)14)35-22-19-26(3)31(8)38(35)42(15)16;;;;/h17-22H,1-16H3;3*1H;/q-1;;;;+4/p-3. The molecule has 0 heterocycles. The Kier molecular flexibility index (Phi) is 15.8. The Morgan fingerprint density at radius 1 is 0.511 bits per heavy atom. The van der Waals surface area contributed by atoms with Gasteiger partial charge in [0.25, 0.3) is 0 Å². The maximum Gasteiger partial charge on any atom is 4.00 e. The fourth-order valence-corrected chi connectivity index (χ4v) is 14.8. The third kappa shape index (κ3) is 6.90. The van der Waals surface area contributed by atoms with Crippen LogP contribution in [0.15, 0.2) is 53.1 Å². The largest absolute Gasteiger partial charge is 4.00 e. The Morgan fingerprint density at radius 3 is 1.00 bits per heavy atom. The van der Waals surface area contributed by atoms with Crippen molar-refractivity contribution in [3.63, 3.8) is 0 Å². The Balaban J connectivity index is 0.00000529. The summed E-state index contributed by atoms with van der Waals surface area (Å²) in [7, 11) is 10.3. The third-order valence-corrected chi connectivity index (χ3v) is 16.4. The first-order chi connectivity index (χ1) is 19.9. The van der Waals surface area contributed by atoms with Crippen molar-refractivity contribution in [2.24, 2.45) is 0 Å². The van der Waals surface area contributed by atoms with E-state index in [-0.39, 0.29) is 64.0 Å². The number of hydrogen-bond donors (Lipinski definition) is 0. The molecule has 1 aliphatic rings. The summed E-state index contributed by atoms with van der Waals surface area (Å²) in [6.07, 6.45) is 4.22. The van der Waals surface area contributed by atoms with E-state index in [0.717, 1.165) is 0 Å². The predicted molar refractivity (Wildman–Crippen MR) is 195 cm³/mol. The minimum Gasteiger partial charge on any atom is -1.00 e. The minimum atomic E-state index is -3.06. The summed E-state index contributed by atoms with van der Waals surface area (Å²) in [6, 6.07) is 14.6. The van der Waals surface area contributed by atoms with Crippen molar-refractivity contribution < 1.29 is 58.9 Å². The molecular weight excluding hydrogens is 693 g/mol. The van der Waals surface area contributed by atoms with Gasteiger partial charge >= 0.3 is 21.7 Å². The molecule has 0 saturated heterocycles. The van der Waals surface area contributed by atoms with Crippen LogP contribution < -0.4 is 67.5 Å². The van der Waals surface area contributed by atoms with Gasteiger partial charge in [-0.3, -0.25) is 6.08 Å². The van der Waals surface area contributed by atoms with Crippen LogP contribution in [0.3, 0.4) is 0 Å². The number of benzene rings is 3. The molecular formula is C39H54Cl3N3SiTi. The summed E-state index contributed by atoms with van der Waals surface area (Å²) in [5.41, 5.74) is 16.2. The number of hydrogen-bond acceptors (Lipinski definition) is 3. The predicted octanol–water partition coefficient (Wildman–Crippen LogP) is -1.93. The van der Waals surface area contributed by atoms with Gasteiger partial charge in [0.1, 0.15) is 0 Å². The van der Waals surface area contributed by atoms with E-state index >= 15 is 0 Å². The maximum atomic E-state index is 4.22. The van der Waals surface area contributed by atoms with Gasteiger partial charge < -0.3 is 51.9 Å². The summed E-state index contributed by atoms with van der Waals surface area (Å²) in [4.78, 5) is 7.10. The first-order valence-electron chi connectivity index (χ1n) is 15.6. The van der Waals surface area contributed by atoms with Gasteiger partial charge in [0.05, 0.1) is 0 Å². The zero-order valence-electron chi connectivity index (χ0n) is 31.4. The molecule has 0 fully saturated rings. The van der Waals surface area contributed by atoms with Crippen LogP contribution in [0.1, 0.15) is 61.1 Å². The average Bonchev–Trinajstić information content (AvgIpc) is 3.12. The summed E-state index contributed by atoms with van der Waals surface area (Å²) in [5, 5.41) is 4.02. The number of nitrogens with zero attached hydrogens (tertiary/aromatic N) is 3. The summed E-state index contributed by atoms with van der Waals surface area (Å²) >= 11 is 0. The van der Waals surface area contributed by atoms with Gasteiger partial charge in [-0.1, -0.05) is 62.2 Å². The molecule has 3 nitrogen and oxygen atoms in total. The minimum absolute atomic E-state index is 0. The van der Waals surface area contributed by atoms with E-state index < -0.39 is 8.07 Å². The van der Waals surface area contributed by atoms with Crippen LogP contribution in [0, 0.1) is 47.6 Å². The van der Waals surface area contributed by atoms with Crippen molar-refractivity contribution in [2.45, 2.75) is 74.3 Å². The van der Waals surface area contributed by atoms with E-state index in [4.69, 9.17) is 0 Å². The molecule has 0 spiro atoms. The molecule has 0 radical (unpaired) electrons. The van der Waals surface area contributed by atoms with Crippen LogP contribution in [0.2, 0.25) is 5.04 Å². The number of rotatable bonds is 7. The topological polar surface area (TPSA) is 9.72 Å². The molecule has 3 aromatic carbocycles. The molecule has 0 amide bonds. The van der Waals surface area contributed by atoms with Gasteiger partial charge in [-0.25, -0.2) is 5.57 Å². The fraction of sp³-hybridized carbons (Fsp3) is 0.436. The first kappa shape index (κ1) is 45.3.